The SMILES string of the molecule is Cn1c(=NNc2ccc(N3CCCC(O)C3)cc2)n(C)c2cc(N)ccc21. The molecule has 7 nitrogen and oxygen atoms in total. The van der Waals surface area contributed by atoms with Crippen LogP contribution in [0.4, 0.5) is 17.1 Å². The Bertz CT molecular complexity index is 1020. The van der Waals surface area contributed by atoms with E-state index in [2.05, 4.69) is 27.6 Å². The normalized spacial score (nSPS) is 18.3. The third-order valence-electron chi connectivity index (χ3n) is 5.24. The van der Waals surface area contributed by atoms with Crippen LogP contribution < -0.4 is 21.7 Å². The highest BCUT2D eigenvalue weighted by Gasteiger charge is 2.17. The molecule has 1 atom stereocenters. The molecule has 0 saturated carbocycles. The predicted molar refractivity (Wildman–Crippen MR) is 109 cm³/mol. The van der Waals surface area contributed by atoms with Crippen molar-refractivity contribution in [1.29, 1.82) is 0 Å². The second-order valence-corrected chi connectivity index (χ2v) is 7.18. The molecule has 1 unspecified atom stereocenters. The van der Waals surface area contributed by atoms with Crippen molar-refractivity contribution in [3.05, 3.63) is 48.1 Å². The molecule has 4 N–H and O–H groups in total. The van der Waals surface area contributed by atoms with Gasteiger partial charge in [0.1, 0.15) is 0 Å². The summed E-state index contributed by atoms with van der Waals surface area (Å²) in [6.07, 6.45) is 1.69. The van der Waals surface area contributed by atoms with E-state index in [-0.39, 0.29) is 6.10 Å². The van der Waals surface area contributed by atoms with E-state index < -0.39 is 0 Å². The fraction of sp³-hybridized carbons (Fsp3) is 0.350. The molecule has 1 fully saturated rings. The molecule has 2 aromatic carbocycles. The van der Waals surface area contributed by atoms with Crippen molar-refractivity contribution in [3.63, 3.8) is 0 Å². The van der Waals surface area contributed by atoms with E-state index in [0.717, 1.165) is 53.1 Å². The van der Waals surface area contributed by atoms with E-state index in [1.54, 1.807) is 0 Å². The molecule has 1 aliphatic rings. The quantitative estimate of drug-likeness (QED) is 0.489. The molecule has 7 heteroatoms. The van der Waals surface area contributed by atoms with E-state index >= 15 is 0 Å². The molecule has 1 aliphatic heterocycles. The van der Waals surface area contributed by atoms with Crippen LogP contribution in [0.25, 0.3) is 11.0 Å². The number of imidazole rings is 1. The Morgan fingerprint density at radius 2 is 1.81 bits per heavy atom. The molecule has 0 amide bonds. The predicted octanol–water partition coefficient (Wildman–Crippen LogP) is 1.99. The van der Waals surface area contributed by atoms with Gasteiger partial charge >= 0.3 is 0 Å². The van der Waals surface area contributed by atoms with Crippen LogP contribution >= 0.6 is 0 Å². The maximum absolute atomic E-state index is 9.85. The van der Waals surface area contributed by atoms with Gasteiger partial charge in [-0.15, -0.1) is 5.10 Å². The zero-order valence-corrected chi connectivity index (χ0v) is 15.8. The van der Waals surface area contributed by atoms with Crippen LogP contribution in [-0.4, -0.2) is 33.4 Å². The molecule has 3 aromatic rings. The van der Waals surface area contributed by atoms with Crippen molar-refractivity contribution in [2.24, 2.45) is 19.2 Å². The Hall–Kier alpha value is -2.93. The summed E-state index contributed by atoms with van der Waals surface area (Å²) in [7, 11) is 3.97. The molecule has 0 radical (unpaired) electrons. The van der Waals surface area contributed by atoms with Gasteiger partial charge in [-0.3, -0.25) is 5.43 Å². The van der Waals surface area contributed by atoms with Gasteiger partial charge in [-0.1, -0.05) is 0 Å². The van der Waals surface area contributed by atoms with Crippen molar-refractivity contribution in [2.45, 2.75) is 18.9 Å². The summed E-state index contributed by atoms with van der Waals surface area (Å²) in [6, 6.07) is 14.0. The standard InChI is InChI=1S/C20H26N6O/c1-24-18-10-5-14(21)12-19(18)25(2)20(24)23-22-15-6-8-16(9-7-15)26-11-3-4-17(27)13-26/h5-10,12,17,22,27H,3-4,11,13,21H2,1-2H3. The number of fused-ring (bicyclic) bond motifs is 1. The summed E-state index contributed by atoms with van der Waals surface area (Å²) in [4.78, 5) is 2.23. The number of aryl methyl sites for hydroxylation is 2. The number of piperidine rings is 1. The number of nitrogens with one attached hydrogen (secondary N) is 1. The van der Waals surface area contributed by atoms with E-state index in [4.69, 9.17) is 5.73 Å². The molecule has 27 heavy (non-hydrogen) atoms. The minimum Gasteiger partial charge on any atom is -0.399 e. The number of nitrogen functional groups attached to an aromatic ring is 1. The van der Waals surface area contributed by atoms with Gasteiger partial charge in [0, 0.05) is 38.6 Å². The second-order valence-electron chi connectivity index (χ2n) is 7.18. The van der Waals surface area contributed by atoms with Crippen LogP contribution in [0.15, 0.2) is 47.6 Å². The number of nitrogens with two attached hydrogens (primary N) is 1. The molecule has 1 aromatic heterocycles. The van der Waals surface area contributed by atoms with Gasteiger partial charge in [0.25, 0.3) is 0 Å². The number of nitrogens with zero attached hydrogens (tertiary/aromatic N) is 4. The van der Waals surface area contributed by atoms with Crippen molar-refractivity contribution in [1.82, 2.24) is 9.13 Å². The summed E-state index contributed by atoms with van der Waals surface area (Å²) in [5.41, 5.74) is 14.8. The van der Waals surface area contributed by atoms with Crippen LogP contribution in [0, 0.1) is 0 Å². The number of rotatable bonds is 3. The topological polar surface area (TPSA) is 83.7 Å². The summed E-state index contributed by atoms with van der Waals surface area (Å²) >= 11 is 0. The summed E-state index contributed by atoms with van der Waals surface area (Å²) in [5.74, 6) is 0. The van der Waals surface area contributed by atoms with Gasteiger partial charge in [0.2, 0.25) is 5.62 Å². The summed E-state index contributed by atoms with van der Waals surface area (Å²) in [5, 5.41) is 14.4. The molecule has 4 rings (SSSR count). The zero-order valence-electron chi connectivity index (χ0n) is 15.8. The molecule has 142 valence electrons. The van der Waals surface area contributed by atoms with Crippen LogP contribution in [0.1, 0.15) is 12.8 Å². The molecule has 0 spiro atoms. The Balaban J connectivity index is 1.57. The lowest BCUT2D eigenvalue weighted by Crippen LogP contribution is -2.38. The van der Waals surface area contributed by atoms with Crippen molar-refractivity contribution in [3.8, 4) is 0 Å². The Morgan fingerprint density at radius 3 is 2.56 bits per heavy atom. The first-order valence-corrected chi connectivity index (χ1v) is 9.26. The van der Waals surface area contributed by atoms with Crippen LogP contribution in [0.5, 0.6) is 0 Å². The molecular formula is C20H26N6O. The Labute approximate surface area is 158 Å². The minimum atomic E-state index is -0.230. The molecule has 0 aliphatic carbocycles. The van der Waals surface area contributed by atoms with Gasteiger partial charge in [0.15, 0.2) is 0 Å². The lowest BCUT2D eigenvalue weighted by molar-refractivity contribution is 0.154. The van der Waals surface area contributed by atoms with Gasteiger partial charge < -0.3 is 24.9 Å². The number of hydrogen-bond acceptors (Lipinski definition) is 5. The number of β-amino-alcohol motifs (C(OH)–C–C–N with tert-alkyl or cyclic N) is 1. The van der Waals surface area contributed by atoms with Crippen LogP contribution in [0.3, 0.4) is 0 Å². The van der Waals surface area contributed by atoms with Crippen LogP contribution in [-0.2, 0) is 14.1 Å². The lowest BCUT2D eigenvalue weighted by atomic mass is 10.1. The highest BCUT2D eigenvalue weighted by Crippen LogP contribution is 2.22. The highest BCUT2D eigenvalue weighted by molar-refractivity contribution is 5.79. The average Bonchev–Trinajstić information content (AvgIpc) is 2.90. The van der Waals surface area contributed by atoms with Gasteiger partial charge in [-0.25, -0.2) is 0 Å². The molecule has 0 bridgehead atoms. The minimum absolute atomic E-state index is 0.230. The van der Waals surface area contributed by atoms with Gasteiger partial charge in [-0.2, -0.15) is 0 Å². The number of aliphatic hydroxyl groups excluding tert-OH is 1. The molecular weight excluding hydrogens is 340 g/mol. The third kappa shape index (κ3) is 3.38. The van der Waals surface area contributed by atoms with Gasteiger partial charge in [0.05, 0.1) is 22.8 Å². The van der Waals surface area contributed by atoms with E-state index in [1.165, 1.54) is 0 Å². The molecule has 1 saturated heterocycles. The summed E-state index contributed by atoms with van der Waals surface area (Å²) in [6.45, 7) is 1.69. The lowest BCUT2D eigenvalue weighted by Gasteiger charge is -2.32. The first-order chi connectivity index (χ1) is 13.0. The second kappa shape index (κ2) is 7.00. The van der Waals surface area contributed by atoms with Crippen LogP contribution in [0.2, 0.25) is 0 Å². The monoisotopic (exact) mass is 366 g/mol. The Morgan fingerprint density at radius 1 is 1.07 bits per heavy atom. The number of aliphatic hydroxyl groups is 1. The fourth-order valence-corrected chi connectivity index (χ4v) is 3.73. The number of benzene rings is 2. The van der Waals surface area contributed by atoms with Gasteiger partial charge in [-0.05, 0) is 55.3 Å². The maximum Gasteiger partial charge on any atom is 0.227 e. The zero-order chi connectivity index (χ0) is 19.0. The highest BCUT2D eigenvalue weighted by atomic mass is 16.3. The maximum atomic E-state index is 9.85. The third-order valence-corrected chi connectivity index (χ3v) is 5.24. The van der Waals surface area contributed by atoms with Crippen molar-refractivity contribution in [2.75, 3.05) is 29.1 Å². The van der Waals surface area contributed by atoms with E-state index in [1.807, 2.05) is 53.6 Å². The first-order valence-electron chi connectivity index (χ1n) is 9.26. The number of anilines is 3. The largest absolute Gasteiger partial charge is 0.399 e. The first kappa shape index (κ1) is 17.5. The van der Waals surface area contributed by atoms with E-state index in [9.17, 15) is 5.11 Å². The Kier molecular flexibility index (Phi) is 4.53. The average molecular weight is 366 g/mol. The summed E-state index contributed by atoms with van der Waals surface area (Å²) < 4.78 is 4.05. The fourth-order valence-electron chi connectivity index (χ4n) is 3.73. The number of aromatic nitrogens is 2. The number of hydrogen-bond donors (Lipinski definition) is 3. The van der Waals surface area contributed by atoms with Crippen molar-refractivity contribution >= 4 is 28.1 Å². The van der Waals surface area contributed by atoms with E-state index in [0.29, 0.717) is 6.54 Å². The smallest absolute Gasteiger partial charge is 0.227 e. The molecule has 2 heterocycles. The van der Waals surface area contributed by atoms with Crippen molar-refractivity contribution < 1.29 is 5.11 Å².